The molecule has 9 nitrogen and oxygen atoms in total. The van der Waals surface area contributed by atoms with Crippen molar-refractivity contribution in [3.8, 4) is 6.07 Å². The Hall–Kier alpha value is -3.90. The summed E-state index contributed by atoms with van der Waals surface area (Å²) in [4.78, 5) is 25.8. The maximum Gasteiger partial charge on any atom is 0.237 e. The minimum Gasteiger partial charge on any atom is -0.383 e. The predicted octanol–water partition coefficient (Wildman–Crippen LogP) is 2.85. The van der Waals surface area contributed by atoms with Gasteiger partial charge in [0, 0.05) is 24.0 Å². The van der Waals surface area contributed by atoms with E-state index in [1.807, 2.05) is 29.2 Å². The third-order valence-electron chi connectivity index (χ3n) is 6.29. The highest BCUT2D eigenvalue weighted by atomic mass is 16.5. The number of benzene rings is 1. The Bertz CT molecular complexity index is 1310. The first kappa shape index (κ1) is 21.0. The quantitative estimate of drug-likeness (QED) is 0.631. The summed E-state index contributed by atoms with van der Waals surface area (Å²) in [5.74, 6) is 1.53. The van der Waals surface area contributed by atoms with E-state index in [2.05, 4.69) is 29.9 Å². The number of morpholine rings is 1. The van der Waals surface area contributed by atoms with E-state index in [1.165, 1.54) is 5.56 Å². The first-order chi connectivity index (χ1) is 15.9. The lowest BCUT2D eigenvalue weighted by Gasteiger charge is -2.29. The van der Waals surface area contributed by atoms with Crippen LogP contribution in [0.5, 0.6) is 0 Å². The van der Waals surface area contributed by atoms with Crippen LogP contribution in [0.2, 0.25) is 0 Å². The molecule has 1 aromatic carbocycles. The Labute approximate surface area is 191 Å². The number of aromatic nitrogens is 2. The molecule has 4 heterocycles. The Morgan fingerprint density at radius 1 is 1.03 bits per heavy atom. The third kappa shape index (κ3) is 3.31. The fourth-order valence-corrected chi connectivity index (χ4v) is 4.59. The second-order valence-electron chi connectivity index (χ2n) is 8.61. The summed E-state index contributed by atoms with van der Waals surface area (Å²) in [6.45, 7) is 6.52. The van der Waals surface area contributed by atoms with Gasteiger partial charge in [-0.05, 0) is 23.6 Å². The normalized spacial score (nSPS) is 15.9. The van der Waals surface area contributed by atoms with E-state index in [0.717, 1.165) is 0 Å². The monoisotopic (exact) mass is 443 g/mol. The van der Waals surface area contributed by atoms with Crippen LogP contribution in [0.15, 0.2) is 24.3 Å². The lowest BCUT2D eigenvalue weighted by atomic mass is 10.0. The van der Waals surface area contributed by atoms with Crippen LogP contribution in [-0.4, -0.2) is 42.2 Å². The maximum absolute atomic E-state index is 13.2. The van der Waals surface area contributed by atoms with Gasteiger partial charge in [-0.1, -0.05) is 26.0 Å². The van der Waals surface area contributed by atoms with Gasteiger partial charge in [0.05, 0.1) is 30.7 Å². The van der Waals surface area contributed by atoms with Gasteiger partial charge in [0.15, 0.2) is 0 Å². The van der Waals surface area contributed by atoms with Gasteiger partial charge < -0.3 is 21.1 Å². The molecule has 0 saturated carbocycles. The molecule has 9 heteroatoms. The van der Waals surface area contributed by atoms with Crippen molar-refractivity contribution in [1.82, 2.24) is 9.97 Å². The zero-order valence-electron chi connectivity index (χ0n) is 18.6. The minimum absolute atomic E-state index is 0.103. The molecule has 4 N–H and O–H groups in total. The van der Waals surface area contributed by atoms with Gasteiger partial charge in [0.1, 0.15) is 34.9 Å². The largest absolute Gasteiger partial charge is 0.383 e. The topological polar surface area (TPSA) is 134 Å². The van der Waals surface area contributed by atoms with Crippen LogP contribution in [-0.2, 0) is 16.0 Å². The molecule has 2 aliphatic rings. The van der Waals surface area contributed by atoms with Gasteiger partial charge in [0.2, 0.25) is 5.91 Å². The molecule has 33 heavy (non-hydrogen) atoms. The van der Waals surface area contributed by atoms with E-state index in [0.29, 0.717) is 71.4 Å². The number of hydrogen-bond donors (Lipinski definition) is 2. The van der Waals surface area contributed by atoms with Crippen molar-refractivity contribution in [3.63, 3.8) is 0 Å². The molecule has 1 saturated heterocycles. The number of nitriles is 1. The number of nitrogens with two attached hydrogens (primary N) is 2. The van der Waals surface area contributed by atoms with Crippen molar-refractivity contribution in [3.05, 3.63) is 41.0 Å². The summed E-state index contributed by atoms with van der Waals surface area (Å²) in [5.41, 5.74) is 15.5. The minimum atomic E-state index is -0.131. The molecule has 3 aromatic rings. The van der Waals surface area contributed by atoms with Crippen molar-refractivity contribution < 1.29 is 9.53 Å². The van der Waals surface area contributed by atoms with Gasteiger partial charge in [-0.2, -0.15) is 5.26 Å². The number of nitrogen functional groups attached to an aromatic ring is 2. The molecule has 0 aliphatic carbocycles. The number of ether oxygens (including phenoxy) is 1. The molecule has 0 bridgehead atoms. The van der Waals surface area contributed by atoms with E-state index in [-0.39, 0.29) is 24.0 Å². The molecule has 1 amide bonds. The first-order valence-corrected chi connectivity index (χ1v) is 11.0. The highest BCUT2D eigenvalue weighted by molar-refractivity contribution is 6.15. The van der Waals surface area contributed by atoms with Crippen molar-refractivity contribution >= 4 is 45.6 Å². The Morgan fingerprint density at radius 3 is 2.27 bits per heavy atom. The molecule has 0 atom stereocenters. The number of hydrogen-bond acceptors (Lipinski definition) is 8. The highest BCUT2D eigenvalue weighted by Crippen LogP contribution is 2.44. The number of pyridine rings is 2. The van der Waals surface area contributed by atoms with E-state index >= 15 is 0 Å². The van der Waals surface area contributed by atoms with Gasteiger partial charge in [0.25, 0.3) is 0 Å². The van der Waals surface area contributed by atoms with Crippen molar-refractivity contribution in [2.75, 3.05) is 47.6 Å². The fourth-order valence-electron chi connectivity index (χ4n) is 4.59. The van der Waals surface area contributed by atoms with Crippen LogP contribution in [0.25, 0.3) is 10.8 Å². The number of nitrogens with zero attached hydrogens (tertiary/aromatic N) is 5. The lowest BCUT2D eigenvalue weighted by Crippen LogP contribution is -2.37. The molecule has 5 rings (SSSR count). The van der Waals surface area contributed by atoms with E-state index < -0.39 is 0 Å². The summed E-state index contributed by atoms with van der Waals surface area (Å²) in [7, 11) is 0. The number of anilines is 5. The summed E-state index contributed by atoms with van der Waals surface area (Å²) in [6, 6.07) is 10.1. The second-order valence-corrected chi connectivity index (χ2v) is 8.61. The van der Waals surface area contributed by atoms with Crippen LogP contribution in [0.4, 0.5) is 29.0 Å². The molecule has 0 unspecified atom stereocenters. The van der Waals surface area contributed by atoms with E-state index in [1.54, 1.807) is 4.90 Å². The number of carbonyl (C=O) groups is 1. The molecule has 0 spiro atoms. The summed E-state index contributed by atoms with van der Waals surface area (Å²) in [6.07, 6.45) is 0.103. The Balaban J connectivity index is 1.73. The summed E-state index contributed by atoms with van der Waals surface area (Å²) in [5, 5.41) is 11.1. The molecular weight excluding hydrogens is 418 g/mol. The van der Waals surface area contributed by atoms with Gasteiger partial charge >= 0.3 is 0 Å². The number of rotatable bonds is 3. The number of amides is 1. The smallest absolute Gasteiger partial charge is 0.237 e. The SMILES string of the molecule is CC(C)c1ccc(N2C(=O)Cc3c2nc(N)c2c(N)nc(N4CCOCC4)c(C#N)c32)cc1. The lowest BCUT2D eigenvalue weighted by molar-refractivity contribution is -0.116. The van der Waals surface area contributed by atoms with Gasteiger partial charge in [-0.25, -0.2) is 9.97 Å². The van der Waals surface area contributed by atoms with Crippen LogP contribution in [0.3, 0.4) is 0 Å². The predicted molar refractivity (Wildman–Crippen MR) is 127 cm³/mol. The number of fused-ring (bicyclic) bond motifs is 3. The van der Waals surface area contributed by atoms with Gasteiger partial charge in [-0.15, -0.1) is 0 Å². The maximum atomic E-state index is 13.2. The fraction of sp³-hybridized carbons (Fsp3) is 0.333. The highest BCUT2D eigenvalue weighted by Gasteiger charge is 2.35. The molecule has 168 valence electrons. The zero-order chi connectivity index (χ0) is 23.3. The Kier molecular flexibility index (Phi) is 5.02. The average molecular weight is 444 g/mol. The van der Waals surface area contributed by atoms with Crippen LogP contribution >= 0.6 is 0 Å². The van der Waals surface area contributed by atoms with Crippen molar-refractivity contribution in [2.45, 2.75) is 26.2 Å². The van der Waals surface area contributed by atoms with Crippen LogP contribution in [0, 0.1) is 11.3 Å². The summed E-state index contributed by atoms with van der Waals surface area (Å²) >= 11 is 0. The molecule has 0 radical (unpaired) electrons. The van der Waals surface area contributed by atoms with Crippen molar-refractivity contribution in [2.24, 2.45) is 0 Å². The van der Waals surface area contributed by atoms with E-state index in [9.17, 15) is 10.1 Å². The third-order valence-corrected chi connectivity index (χ3v) is 6.29. The number of carbonyl (C=O) groups excluding carboxylic acids is 1. The van der Waals surface area contributed by atoms with Gasteiger partial charge in [-0.3, -0.25) is 9.69 Å². The van der Waals surface area contributed by atoms with Crippen LogP contribution < -0.4 is 21.3 Å². The first-order valence-electron chi connectivity index (χ1n) is 11.0. The Morgan fingerprint density at radius 2 is 1.67 bits per heavy atom. The molecule has 2 aromatic heterocycles. The molecule has 1 fully saturated rings. The second kappa shape index (κ2) is 7.90. The van der Waals surface area contributed by atoms with Crippen molar-refractivity contribution in [1.29, 1.82) is 5.26 Å². The average Bonchev–Trinajstić information content (AvgIpc) is 3.14. The molecular formula is C24H25N7O2. The molecule has 2 aliphatic heterocycles. The summed E-state index contributed by atoms with van der Waals surface area (Å²) < 4.78 is 5.44. The zero-order valence-corrected chi connectivity index (χ0v) is 18.6. The standard InChI is InChI=1S/C24H25N7O2/c1-13(2)14-3-5-15(6-4-14)31-18(32)11-16-19-17(12-25)23(30-7-9-33-10-8-30)28-21(26)20(19)22(27)29-24(16)31/h3-6,13H,7-11H2,1-2H3,(H2,26,28)(H2,27,29). The van der Waals surface area contributed by atoms with E-state index in [4.69, 9.17) is 16.2 Å². The van der Waals surface area contributed by atoms with Crippen LogP contribution in [0.1, 0.15) is 36.5 Å².